The van der Waals surface area contributed by atoms with Crippen molar-refractivity contribution in [2.75, 3.05) is 65.8 Å². The maximum Gasteiger partial charge on any atom is 0.410 e. The molecule has 1 aromatic rings. The smallest absolute Gasteiger partial charge is 0.410 e. The molecule has 0 bridgehead atoms. The minimum absolute atomic E-state index is 0.1000. The molecule has 1 amide bonds. The summed E-state index contributed by atoms with van der Waals surface area (Å²) in [6.45, 7) is 17.0. The number of nitrogens with zero attached hydrogens (tertiary/aromatic N) is 3. The summed E-state index contributed by atoms with van der Waals surface area (Å²) in [6.07, 6.45) is 11.9. The Balaban J connectivity index is 1.71. The van der Waals surface area contributed by atoms with Crippen LogP contribution in [0.15, 0.2) is 60.3 Å². The first-order valence-electron chi connectivity index (χ1n) is 19.6. The molecule has 6 unspecified atom stereocenters. The lowest BCUT2D eigenvalue weighted by atomic mass is 9.55. The van der Waals surface area contributed by atoms with Gasteiger partial charge in [0.05, 0.1) is 24.8 Å². The fourth-order valence-electron chi connectivity index (χ4n) is 8.40. The lowest BCUT2D eigenvalue weighted by molar-refractivity contribution is -0.255. The maximum atomic E-state index is 14.0. The van der Waals surface area contributed by atoms with Gasteiger partial charge in [-0.25, -0.2) is 4.79 Å². The molecule has 11 nitrogen and oxygen atoms in total. The standard InChI is InChI=1S/C41H61N3O8/c1-5-9-25-49-40(47)44(18-6-2)37-29-35(42-51-8-4)33-27-30(14-10-12-22-45)32(15-11-13-23-46)38-34-28-31(48-26-21-43-19-20-43)16-17-36(34)52-41(37,39(33)38)50-24-7-3/h5,7,16-17,27-28,30,32,37-39,45-46H,1,3,6,8-15,18-26,29H2,2,4H3. The Hall–Kier alpha value is -3.38. The van der Waals surface area contributed by atoms with Crippen molar-refractivity contribution in [1.82, 2.24) is 9.80 Å². The molecule has 1 saturated heterocycles. The van der Waals surface area contributed by atoms with Gasteiger partial charge in [0, 0.05) is 57.3 Å². The van der Waals surface area contributed by atoms with Crippen LogP contribution in [0.5, 0.6) is 11.5 Å². The van der Waals surface area contributed by atoms with Crippen LogP contribution in [0.3, 0.4) is 0 Å². The van der Waals surface area contributed by atoms with Crippen LogP contribution in [0, 0.1) is 17.8 Å². The first-order valence-corrected chi connectivity index (χ1v) is 19.6. The van der Waals surface area contributed by atoms with Crippen LogP contribution in [0.4, 0.5) is 4.79 Å². The molecule has 52 heavy (non-hydrogen) atoms. The first kappa shape index (κ1) is 39.8. The number of oxime groups is 1. The van der Waals surface area contributed by atoms with E-state index in [0.29, 0.717) is 51.2 Å². The molecule has 0 spiro atoms. The lowest BCUT2D eigenvalue weighted by Gasteiger charge is -2.59. The largest absolute Gasteiger partial charge is 0.492 e. The van der Waals surface area contributed by atoms with Crippen LogP contribution >= 0.6 is 0 Å². The SMILES string of the molecule is C=CCCOC(=O)N(CCC)C1CC(=NOCC)C2=CC(CCCCO)C(CCCCO)C3c4cc(OCCN5CC5)ccc4OC1(OCC=C)C23. The zero-order chi connectivity index (χ0) is 36.9. The minimum atomic E-state index is -1.30. The van der Waals surface area contributed by atoms with Crippen LogP contribution in [0.1, 0.15) is 83.1 Å². The molecule has 0 aromatic heterocycles. The molecule has 2 aliphatic heterocycles. The number of ether oxygens (including phenoxy) is 4. The van der Waals surface area contributed by atoms with E-state index in [1.54, 1.807) is 17.1 Å². The van der Waals surface area contributed by atoms with Crippen LogP contribution in [-0.4, -0.2) is 109 Å². The summed E-state index contributed by atoms with van der Waals surface area (Å²) in [4.78, 5) is 23.9. The Morgan fingerprint density at radius 1 is 1.10 bits per heavy atom. The number of carbonyl (C=O) groups excluding carboxylic acids is 1. The number of unbranched alkanes of at least 4 members (excludes halogenated alkanes) is 2. The summed E-state index contributed by atoms with van der Waals surface area (Å²) in [6, 6.07) is 5.50. The molecule has 5 rings (SSSR count). The molecule has 1 saturated carbocycles. The number of fused-ring (bicyclic) bond motifs is 2. The number of hydrogen-bond acceptors (Lipinski definition) is 10. The van der Waals surface area contributed by atoms with Crippen LogP contribution in [-0.2, 0) is 14.3 Å². The van der Waals surface area contributed by atoms with Crippen molar-refractivity contribution in [3.8, 4) is 11.5 Å². The average molecular weight is 724 g/mol. The summed E-state index contributed by atoms with van der Waals surface area (Å²) in [5, 5.41) is 24.3. The number of allylic oxidation sites excluding steroid dienone is 1. The fraction of sp³-hybridized carbons (Fsp3) is 0.659. The number of rotatable bonds is 23. The second kappa shape index (κ2) is 19.6. The van der Waals surface area contributed by atoms with Gasteiger partial charge >= 0.3 is 6.09 Å². The van der Waals surface area contributed by atoms with Crippen molar-refractivity contribution in [3.63, 3.8) is 0 Å². The average Bonchev–Trinajstić information content (AvgIpc) is 3.98. The van der Waals surface area contributed by atoms with Crippen molar-refractivity contribution in [3.05, 3.63) is 60.7 Å². The highest BCUT2D eigenvalue weighted by Crippen LogP contribution is 2.62. The van der Waals surface area contributed by atoms with E-state index in [0.717, 1.165) is 74.3 Å². The zero-order valence-electron chi connectivity index (χ0n) is 31.4. The molecular weight excluding hydrogens is 662 g/mol. The second-order valence-corrected chi connectivity index (χ2v) is 14.3. The lowest BCUT2D eigenvalue weighted by Crippen LogP contribution is -2.70. The van der Waals surface area contributed by atoms with Gasteiger partial charge < -0.3 is 34.0 Å². The number of amides is 1. The van der Waals surface area contributed by atoms with E-state index in [1.807, 2.05) is 26.0 Å². The van der Waals surface area contributed by atoms with E-state index in [9.17, 15) is 15.0 Å². The van der Waals surface area contributed by atoms with Crippen molar-refractivity contribution >= 4 is 11.8 Å². The summed E-state index contributed by atoms with van der Waals surface area (Å²) in [5.41, 5.74) is 2.84. The predicted octanol–water partition coefficient (Wildman–Crippen LogP) is 6.46. The van der Waals surface area contributed by atoms with Crippen LogP contribution < -0.4 is 9.47 Å². The zero-order valence-corrected chi connectivity index (χ0v) is 31.4. The van der Waals surface area contributed by atoms with Crippen LogP contribution in [0.2, 0.25) is 0 Å². The molecule has 6 atom stereocenters. The Labute approximate surface area is 310 Å². The van der Waals surface area contributed by atoms with Gasteiger partial charge in [0.1, 0.15) is 30.8 Å². The molecule has 1 aromatic carbocycles. The Kier molecular flexibility index (Phi) is 15.0. The summed E-state index contributed by atoms with van der Waals surface area (Å²) in [5.74, 6) is 0.0414. The summed E-state index contributed by atoms with van der Waals surface area (Å²) < 4.78 is 26.4. The molecule has 288 valence electrons. The van der Waals surface area contributed by atoms with Crippen LogP contribution in [0.25, 0.3) is 0 Å². The third-order valence-corrected chi connectivity index (χ3v) is 10.8. The van der Waals surface area contributed by atoms with Gasteiger partial charge in [-0.05, 0) is 81.1 Å². The third-order valence-electron chi connectivity index (χ3n) is 10.8. The molecular formula is C41H61N3O8. The number of aliphatic hydroxyl groups excluding tert-OH is 2. The fourth-order valence-corrected chi connectivity index (χ4v) is 8.40. The van der Waals surface area contributed by atoms with E-state index in [2.05, 4.69) is 30.2 Å². The van der Waals surface area contributed by atoms with Crippen molar-refractivity contribution < 1.29 is 38.8 Å². The van der Waals surface area contributed by atoms with E-state index in [-0.39, 0.29) is 50.1 Å². The van der Waals surface area contributed by atoms with Gasteiger partial charge in [-0.2, -0.15) is 0 Å². The maximum absolute atomic E-state index is 14.0. The van der Waals surface area contributed by atoms with Gasteiger partial charge in [-0.1, -0.05) is 43.1 Å². The Bertz CT molecular complexity index is 1400. The highest BCUT2D eigenvalue weighted by molar-refractivity contribution is 6.02. The summed E-state index contributed by atoms with van der Waals surface area (Å²) >= 11 is 0. The molecule has 2 N–H and O–H groups in total. The molecule has 2 fully saturated rings. The molecule has 11 heteroatoms. The molecule has 0 radical (unpaired) electrons. The summed E-state index contributed by atoms with van der Waals surface area (Å²) in [7, 11) is 0. The highest BCUT2D eigenvalue weighted by Gasteiger charge is 2.65. The molecule has 2 heterocycles. The second-order valence-electron chi connectivity index (χ2n) is 14.3. The Morgan fingerprint density at radius 3 is 2.58 bits per heavy atom. The number of hydrogen-bond donors (Lipinski definition) is 2. The minimum Gasteiger partial charge on any atom is -0.492 e. The van der Waals surface area contributed by atoms with Gasteiger partial charge in [0.15, 0.2) is 0 Å². The van der Waals surface area contributed by atoms with Gasteiger partial charge in [-0.3, -0.25) is 9.80 Å². The quantitative estimate of drug-likeness (QED) is 0.0567. The van der Waals surface area contributed by atoms with Gasteiger partial charge in [0.25, 0.3) is 0 Å². The monoisotopic (exact) mass is 723 g/mol. The number of benzene rings is 1. The highest BCUT2D eigenvalue weighted by atomic mass is 16.7. The Morgan fingerprint density at radius 2 is 1.88 bits per heavy atom. The molecule has 2 aliphatic carbocycles. The predicted molar refractivity (Wildman–Crippen MR) is 202 cm³/mol. The van der Waals surface area contributed by atoms with Crippen molar-refractivity contribution in [1.29, 1.82) is 0 Å². The van der Waals surface area contributed by atoms with Crippen molar-refractivity contribution in [2.24, 2.45) is 22.9 Å². The number of carbonyl (C=O) groups is 1. The molecule has 4 aliphatic rings. The van der Waals surface area contributed by atoms with E-state index in [4.69, 9.17) is 28.9 Å². The van der Waals surface area contributed by atoms with Gasteiger partial charge in [0.2, 0.25) is 5.79 Å². The van der Waals surface area contributed by atoms with E-state index in [1.165, 1.54) is 0 Å². The first-order chi connectivity index (χ1) is 25.5. The van der Waals surface area contributed by atoms with E-state index >= 15 is 0 Å². The van der Waals surface area contributed by atoms with Gasteiger partial charge in [-0.15, -0.1) is 13.2 Å². The topological polar surface area (TPSA) is 122 Å². The normalized spacial score (nSPS) is 26.7. The van der Waals surface area contributed by atoms with Crippen molar-refractivity contribution in [2.45, 2.75) is 89.4 Å². The van der Waals surface area contributed by atoms with E-state index < -0.39 is 17.9 Å². The third kappa shape index (κ3) is 9.21. The number of aliphatic hydroxyl groups is 2.